The van der Waals surface area contributed by atoms with Crippen LogP contribution in [-0.2, 0) is 4.74 Å². The molecule has 0 amide bonds. The van der Waals surface area contributed by atoms with Gasteiger partial charge in [-0.25, -0.2) is 0 Å². The van der Waals surface area contributed by atoms with Crippen LogP contribution >= 0.6 is 12.2 Å². The van der Waals surface area contributed by atoms with Crippen LogP contribution in [0, 0.1) is 0 Å². The third-order valence-electron chi connectivity index (χ3n) is 2.65. The summed E-state index contributed by atoms with van der Waals surface area (Å²) in [6, 6.07) is 11.0. The Morgan fingerprint density at radius 3 is 2.60 bits per heavy atom. The molecule has 80 valence electrons. The highest BCUT2D eigenvalue weighted by atomic mass is 32.1. The average molecular weight is 221 g/mol. The molecule has 2 nitrogen and oxygen atoms in total. The first-order chi connectivity index (χ1) is 7.20. The maximum atomic E-state index is 5.45. The summed E-state index contributed by atoms with van der Waals surface area (Å²) in [5, 5.41) is 0.624. The summed E-state index contributed by atoms with van der Waals surface area (Å²) >= 11 is 5.20. The minimum absolute atomic E-state index is 0.277. The highest BCUT2D eigenvalue weighted by molar-refractivity contribution is 7.80. The number of hydrogen-bond acceptors (Lipinski definition) is 2. The third-order valence-corrected chi connectivity index (χ3v) is 2.98. The Hall–Kier alpha value is -1.09. The van der Waals surface area contributed by atoms with Crippen molar-refractivity contribution in [3.63, 3.8) is 0 Å². The summed E-state index contributed by atoms with van der Waals surface area (Å²) in [5.41, 5.74) is 1.27. The van der Waals surface area contributed by atoms with Gasteiger partial charge in [0, 0.05) is 6.04 Å². The van der Waals surface area contributed by atoms with Crippen LogP contribution in [0.2, 0.25) is 0 Å². The second-order valence-corrected chi connectivity index (χ2v) is 4.35. The fourth-order valence-corrected chi connectivity index (χ4v) is 2.34. The fourth-order valence-electron chi connectivity index (χ4n) is 1.94. The number of nitrogens with zero attached hydrogens (tertiary/aromatic N) is 1. The summed E-state index contributed by atoms with van der Waals surface area (Å²) in [7, 11) is 0. The van der Waals surface area contributed by atoms with E-state index in [4.69, 9.17) is 17.0 Å². The lowest BCUT2D eigenvalue weighted by Crippen LogP contribution is -2.33. The predicted molar refractivity (Wildman–Crippen MR) is 64.7 cm³/mol. The Morgan fingerprint density at radius 2 is 2.00 bits per heavy atom. The van der Waals surface area contributed by atoms with Gasteiger partial charge in [0.25, 0.3) is 5.17 Å². The van der Waals surface area contributed by atoms with E-state index in [1.54, 1.807) is 0 Å². The number of ether oxygens (including phenoxy) is 1. The van der Waals surface area contributed by atoms with Crippen molar-refractivity contribution in [3.05, 3.63) is 35.9 Å². The second kappa shape index (κ2) is 4.19. The molecule has 0 N–H and O–H groups in total. The molecule has 0 spiro atoms. The van der Waals surface area contributed by atoms with Crippen molar-refractivity contribution in [2.45, 2.75) is 25.9 Å². The quantitative estimate of drug-likeness (QED) is 0.713. The topological polar surface area (TPSA) is 12.5 Å². The zero-order valence-electron chi connectivity index (χ0n) is 9.01. The van der Waals surface area contributed by atoms with Gasteiger partial charge < -0.3 is 9.64 Å². The molecule has 1 fully saturated rings. The number of benzene rings is 1. The molecule has 0 saturated carbocycles. The molecule has 0 aromatic heterocycles. The lowest BCUT2D eigenvalue weighted by molar-refractivity contribution is 0.287. The van der Waals surface area contributed by atoms with E-state index < -0.39 is 0 Å². The normalized spacial score (nSPS) is 20.9. The SMILES string of the molecule is CC(C)N1C(=S)OCC1c1ccccc1. The first-order valence-electron chi connectivity index (χ1n) is 5.20. The predicted octanol–water partition coefficient (Wildman–Crippen LogP) is 2.75. The summed E-state index contributed by atoms with van der Waals surface area (Å²) in [6.07, 6.45) is 0. The summed E-state index contributed by atoms with van der Waals surface area (Å²) in [5.74, 6) is 0. The molecule has 2 rings (SSSR count). The minimum atomic E-state index is 0.277. The van der Waals surface area contributed by atoms with Gasteiger partial charge >= 0.3 is 0 Å². The number of thiocarbonyl (C=S) groups is 1. The average Bonchev–Trinajstić information content (AvgIpc) is 2.61. The maximum absolute atomic E-state index is 5.45. The van der Waals surface area contributed by atoms with Gasteiger partial charge in [0.1, 0.15) is 6.61 Å². The molecule has 15 heavy (non-hydrogen) atoms. The van der Waals surface area contributed by atoms with Crippen LogP contribution in [0.1, 0.15) is 25.5 Å². The molecule has 1 unspecified atom stereocenters. The summed E-state index contributed by atoms with van der Waals surface area (Å²) in [4.78, 5) is 2.16. The summed E-state index contributed by atoms with van der Waals surface area (Å²) in [6.45, 7) is 4.94. The standard InChI is InChI=1S/C12H15NOS/c1-9(2)13-11(8-14-12(13)15)10-6-4-3-5-7-10/h3-7,9,11H,8H2,1-2H3. The van der Waals surface area contributed by atoms with Crippen LogP contribution in [0.15, 0.2) is 30.3 Å². The van der Waals surface area contributed by atoms with E-state index in [0.717, 1.165) is 0 Å². The molecule has 1 aromatic rings. The highest BCUT2D eigenvalue weighted by Crippen LogP contribution is 2.29. The van der Waals surface area contributed by atoms with Gasteiger partial charge in [0.15, 0.2) is 0 Å². The van der Waals surface area contributed by atoms with Crippen molar-refractivity contribution in [2.24, 2.45) is 0 Å². The van der Waals surface area contributed by atoms with Gasteiger partial charge in [-0.2, -0.15) is 0 Å². The van der Waals surface area contributed by atoms with Crippen LogP contribution in [0.4, 0.5) is 0 Å². The molecule has 1 aromatic carbocycles. The van der Waals surface area contributed by atoms with Gasteiger partial charge in [-0.1, -0.05) is 30.3 Å². The minimum Gasteiger partial charge on any atom is -0.468 e. The van der Waals surface area contributed by atoms with Crippen LogP contribution < -0.4 is 0 Å². The fraction of sp³-hybridized carbons (Fsp3) is 0.417. The zero-order chi connectivity index (χ0) is 10.8. The number of hydrogen-bond donors (Lipinski definition) is 0. The van der Waals surface area contributed by atoms with E-state index in [0.29, 0.717) is 17.8 Å². The van der Waals surface area contributed by atoms with Crippen molar-refractivity contribution >= 4 is 17.4 Å². The third kappa shape index (κ3) is 1.97. The van der Waals surface area contributed by atoms with Gasteiger partial charge in [-0.3, -0.25) is 0 Å². The Morgan fingerprint density at radius 1 is 1.33 bits per heavy atom. The van der Waals surface area contributed by atoms with E-state index in [1.807, 2.05) is 6.07 Å². The first kappa shape index (κ1) is 10.4. The Kier molecular flexibility index (Phi) is 2.91. The van der Waals surface area contributed by atoms with E-state index in [-0.39, 0.29) is 6.04 Å². The van der Waals surface area contributed by atoms with Crippen molar-refractivity contribution in [3.8, 4) is 0 Å². The number of rotatable bonds is 2. The molecule has 0 bridgehead atoms. The highest BCUT2D eigenvalue weighted by Gasteiger charge is 2.32. The molecule has 3 heteroatoms. The molecular formula is C12H15NOS. The monoisotopic (exact) mass is 221 g/mol. The molecule has 0 aliphatic carbocycles. The van der Waals surface area contributed by atoms with Crippen molar-refractivity contribution in [1.82, 2.24) is 4.90 Å². The van der Waals surface area contributed by atoms with E-state index in [2.05, 4.69) is 43.0 Å². The van der Waals surface area contributed by atoms with Crippen molar-refractivity contribution < 1.29 is 4.74 Å². The van der Waals surface area contributed by atoms with Crippen LogP contribution in [0.5, 0.6) is 0 Å². The smallest absolute Gasteiger partial charge is 0.260 e. The molecule has 1 heterocycles. The largest absolute Gasteiger partial charge is 0.468 e. The molecular weight excluding hydrogens is 206 g/mol. The van der Waals surface area contributed by atoms with Gasteiger partial charge in [-0.05, 0) is 31.6 Å². The second-order valence-electron chi connectivity index (χ2n) is 4.00. The van der Waals surface area contributed by atoms with E-state index in [9.17, 15) is 0 Å². The van der Waals surface area contributed by atoms with E-state index >= 15 is 0 Å². The molecule has 1 aliphatic rings. The maximum Gasteiger partial charge on any atom is 0.260 e. The van der Waals surface area contributed by atoms with Gasteiger partial charge in [-0.15, -0.1) is 0 Å². The van der Waals surface area contributed by atoms with Gasteiger partial charge in [0.05, 0.1) is 6.04 Å². The Labute approximate surface area is 95.8 Å². The van der Waals surface area contributed by atoms with Crippen LogP contribution in [0.25, 0.3) is 0 Å². The van der Waals surface area contributed by atoms with Crippen LogP contribution in [-0.4, -0.2) is 22.7 Å². The molecule has 1 aliphatic heterocycles. The lowest BCUT2D eigenvalue weighted by Gasteiger charge is -2.27. The molecule has 0 radical (unpaired) electrons. The first-order valence-corrected chi connectivity index (χ1v) is 5.61. The Balaban J connectivity index is 2.26. The molecule has 1 atom stereocenters. The molecule has 1 saturated heterocycles. The van der Waals surface area contributed by atoms with E-state index in [1.165, 1.54) is 5.56 Å². The summed E-state index contributed by atoms with van der Waals surface area (Å²) < 4.78 is 5.45. The zero-order valence-corrected chi connectivity index (χ0v) is 9.83. The van der Waals surface area contributed by atoms with Crippen LogP contribution in [0.3, 0.4) is 0 Å². The van der Waals surface area contributed by atoms with Gasteiger partial charge in [0.2, 0.25) is 0 Å². The van der Waals surface area contributed by atoms with Crippen molar-refractivity contribution in [1.29, 1.82) is 0 Å². The Bertz CT molecular complexity index is 350. The lowest BCUT2D eigenvalue weighted by atomic mass is 10.1. The van der Waals surface area contributed by atoms with Crippen molar-refractivity contribution in [2.75, 3.05) is 6.61 Å².